The van der Waals surface area contributed by atoms with Crippen molar-refractivity contribution in [2.24, 2.45) is 0 Å². The molecule has 1 saturated heterocycles. The van der Waals surface area contributed by atoms with E-state index in [1.54, 1.807) is 0 Å². The molecule has 2 rings (SSSR count). The highest BCUT2D eigenvalue weighted by Gasteiger charge is 2.34. The topological polar surface area (TPSA) is 34.2 Å². The summed E-state index contributed by atoms with van der Waals surface area (Å²) in [4.78, 5) is 4.20. The molecule has 0 radical (unpaired) electrons. The van der Waals surface area contributed by atoms with Crippen molar-refractivity contribution in [3.63, 3.8) is 0 Å². The van der Waals surface area contributed by atoms with Crippen molar-refractivity contribution >= 4 is 15.9 Å². The van der Waals surface area contributed by atoms with Crippen LogP contribution in [0.3, 0.4) is 0 Å². The fourth-order valence-corrected chi connectivity index (χ4v) is 3.17. The van der Waals surface area contributed by atoms with Crippen LogP contribution in [-0.2, 0) is 11.3 Å². The Kier molecular flexibility index (Phi) is 5.37. The Balaban J connectivity index is 1.89. The standard InChI is InChI=1S/C15H23BrN2O/c1-3-15(4-2)8-14(5-6-19-15)18-10-12-7-13(16)11-17-9-12/h7,9,11,14,18H,3-6,8,10H2,1-2H3. The van der Waals surface area contributed by atoms with Crippen LogP contribution < -0.4 is 5.32 Å². The number of aromatic nitrogens is 1. The molecule has 1 N–H and O–H groups in total. The van der Waals surface area contributed by atoms with Crippen LogP contribution in [0, 0.1) is 0 Å². The van der Waals surface area contributed by atoms with Crippen molar-refractivity contribution < 1.29 is 4.74 Å². The summed E-state index contributed by atoms with van der Waals surface area (Å²) in [6.45, 7) is 6.20. The first kappa shape index (κ1) is 14.9. The molecule has 0 aromatic carbocycles. The summed E-state index contributed by atoms with van der Waals surface area (Å²) in [5, 5.41) is 3.65. The van der Waals surface area contributed by atoms with E-state index in [2.05, 4.69) is 46.1 Å². The van der Waals surface area contributed by atoms with Gasteiger partial charge in [-0.15, -0.1) is 0 Å². The summed E-state index contributed by atoms with van der Waals surface area (Å²) < 4.78 is 7.04. The summed E-state index contributed by atoms with van der Waals surface area (Å²) in [6.07, 6.45) is 8.14. The zero-order valence-electron chi connectivity index (χ0n) is 11.8. The van der Waals surface area contributed by atoms with Crippen molar-refractivity contribution in [1.29, 1.82) is 0 Å². The predicted octanol–water partition coefficient (Wildman–Crippen LogP) is 3.67. The van der Waals surface area contributed by atoms with E-state index >= 15 is 0 Å². The molecule has 19 heavy (non-hydrogen) atoms. The van der Waals surface area contributed by atoms with Gasteiger partial charge in [0.05, 0.1) is 5.60 Å². The highest BCUT2D eigenvalue weighted by Crippen LogP contribution is 2.31. The molecule has 2 heterocycles. The maximum atomic E-state index is 6.01. The maximum absolute atomic E-state index is 6.01. The van der Waals surface area contributed by atoms with E-state index in [1.165, 1.54) is 5.56 Å². The van der Waals surface area contributed by atoms with Crippen molar-refractivity contribution in [1.82, 2.24) is 10.3 Å². The molecule has 106 valence electrons. The lowest BCUT2D eigenvalue weighted by Gasteiger charge is -2.40. The summed E-state index contributed by atoms with van der Waals surface area (Å²) in [6, 6.07) is 2.67. The van der Waals surface area contributed by atoms with Gasteiger partial charge in [-0.25, -0.2) is 0 Å². The maximum Gasteiger partial charge on any atom is 0.0692 e. The molecule has 0 aliphatic carbocycles. The molecule has 1 aromatic rings. The number of ether oxygens (including phenoxy) is 1. The lowest BCUT2D eigenvalue weighted by molar-refractivity contribution is -0.0932. The first-order chi connectivity index (χ1) is 9.17. The van der Waals surface area contributed by atoms with E-state index in [9.17, 15) is 0 Å². The molecule has 0 spiro atoms. The van der Waals surface area contributed by atoms with Crippen molar-refractivity contribution in [2.75, 3.05) is 6.61 Å². The minimum atomic E-state index is 0.0887. The average Bonchev–Trinajstić information content (AvgIpc) is 2.45. The summed E-state index contributed by atoms with van der Waals surface area (Å²) >= 11 is 3.46. The second-order valence-corrected chi connectivity index (χ2v) is 6.24. The fraction of sp³-hybridized carbons (Fsp3) is 0.667. The second kappa shape index (κ2) is 6.82. The summed E-state index contributed by atoms with van der Waals surface area (Å²) in [5.74, 6) is 0. The van der Waals surface area contributed by atoms with Crippen LogP contribution in [0.1, 0.15) is 45.1 Å². The molecular weight excluding hydrogens is 304 g/mol. The van der Waals surface area contributed by atoms with Crippen LogP contribution in [0.15, 0.2) is 22.9 Å². The van der Waals surface area contributed by atoms with E-state index in [1.807, 2.05) is 12.4 Å². The van der Waals surface area contributed by atoms with E-state index in [-0.39, 0.29) is 5.60 Å². The van der Waals surface area contributed by atoms with E-state index in [4.69, 9.17) is 4.74 Å². The van der Waals surface area contributed by atoms with Gasteiger partial charge < -0.3 is 10.1 Å². The van der Waals surface area contributed by atoms with Gasteiger partial charge in [0.15, 0.2) is 0 Å². The number of halogens is 1. The molecule has 1 fully saturated rings. The number of hydrogen-bond acceptors (Lipinski definition) is 3. The molecule has 0 bridgehead atoms. The molecular formula is C15H23BrN2O. The van der Waals surface area contributed by atoms with Gasteiger partial charge in [0.25, 0.3) is 0 Å². The Morgan fingerprint density at radius 3 is 2.89 bits per heavy atom. The zero-order valence-corrected chi connectivity index (χ0v) is 13.4. The van der Waals surface area contributed by atoms with E-state index in [0.717, 1.165) is 43.3 Å². The number of pyridine rings is 1. The monoisotopic (exact) mass is 326 g/mol. The van der Waals surface area contributed by atoms with Gasteiger partial charge >= 0.3 is 0 Å². The molecule has 1 aliphatic rings. The number of nitrogens with one attached hydrogen (secondary N) is 1. The normalized spacial score (nSPS) is 22.4. The van der Waals surface area contributed by atoms with Crippen LogP contribution in [0.25, 0.3) is 0 Å². The molecule has 4 heteroatoms. The third kappa shape index (κ3) is 4.01. The minimum absolute atomic E-state index is 0.0887. The van der Waals surface area contributed by atoms with Gasteiger partial charge in [-0.05, 0) is 53.2 Å². The molecule has 0 amide bonds. The van der Waals surface area contributed by atoms with Crippen LogP contribution in [0.4, 0.5) is 0 Å². The quantitative estimate of drug-likeness (QED) is 0.896. The van der Waals surface area contributed by atoms with E-state index in [0.29, 0.717) is 6.04 Å². The van der Waals surface area contributed by atoms with Gasteiger partial charge in [-0.1, -0.05) is 13.8 Å². The third-order valence-electron chi connectivity index (χ3n) is 4.14. The van der Waals surface area contributed by atoms with Crippen molar-refractivity contribution in [2.45, 2.75) is 57.7 Å². The minimum Gasteiger partial charge on any atom is -0.375 e. The fourth-order valence-electron chi connectivity index (χ4n) is 2.76. The highest BCUT2D eigenvalue weighted by molar-refractivity contribution is 9.10. The summed E-state index contributed by atoms with van der Waals surface area (Å²) in [5.41, 5.74) is 1.31. The smallest absolute Gasteiger partial charge is 0.0692 e. The number of nitrogens with zero attached hydrogens (tertiary/aromatic N) is 1. The van der Waals surface area contributed by atoms with Gasteiger partial charge in [0, 0.05) is 36.1 Å². The largest absolute Gasteiger partial charge is 0.375 e. The molecule has 1 atom stereocenters. The Bertz CT molecular complexity index is 407. The van der Waals surface area contributed by atoms with Crippen LogP contribution in [-0.4, -0.2) is 23.2 Å². The van der Waals surface area contributed by atoms with Gasteiger partial charge in [0.1, 0.15) is 0 Å². The Morgan fingerprint density at radius 1 is 1.42 bits per heavy atom. The lowest BCUT2D eigenvalue weighted by atomic mass is 9.86. The molecule has 1 aliphatic heterocycles. The van der Waals surface area contributed by atoms with Crippen molar-refractivity contribution in [3.8, 4) is 0 Å². The average molecular weight is 327 g/mol. The molecule has 1 unspecified atom stereocenters. The summed E-state index contributed by atoms with van der Waals surface area (Å²) in [7, 11) is 0. The van der Waals surface area contributed by atoms with Gasteiger partial charge in [0.2, 0.25) is 0 Å². The number of hydrogen-bond donors (Lipinski definition) is 1. The Hall–Kier alpha value is -0.450. The molecule has 0 saturated carbocycles. The Morgan fingerprint density at radius 2 is 2.21 bits per heavy atom. The molecule has 3 nitrogen and oxygen atoms in total. The first-order valence-electron chi connectivity index (χ1n) is 7.14. The van der Waals surface area contributed by atoms with Gasteiger partial charge in [-0.2, -0.15) is 0 Å². The van der Waals surface area contributed by atoms with E-state index < -0.39 is 0 Å². The lowest BCUT2D eigenvalue weighted by Crippen LogP contribution is -2.46. The zero-order chi connectivity index (χ0) is 13.7. The highest BCUT2D eigenvalue weighted by atomic mass is 79.9. The predicted molar refractivity (Wildman–Crippen MR) is 81.1 cm³/mol. The Labute approximate surface area is 124 Å². The van der Waals surface area contributed by atoms with Crippen LogP contribution in [0.2, 0.25) is 0 Å². The number of rotatable bonds is 5. The van der Waals surface area contributed by atoms with Crippen molar-refractivity contribution in [3.05, 3.63) is 28.5 Å². The first-order valence-corrected chi connectivity index (χ1v) is 7.93. The van der Waals surface area contributed by atoms with Crippen LogP contribution in [0.5, 0.6) is 0 Å². The second-order valence-electron chi connectivity index (χ2n) is 5.32. The third-order valence-corrected chi connectivity index (χ3v) is 4.57. The molecule has 1 aromatic heterocycles. The van der Waals surface area contributed by atoms with Gasteiger partial charge in [-0.3, -0.25) is 4.98 Å². The SMILES string of the molecule is CCC1(CC)CC(NCc2cncc(Br)c2)CCO1. The van der Waals surface area contributed by atoms with Crippen LogP contribution >= 0.6 is 15.9 Å².